The molecule has 0 N–H and O–H groups in total. The second-order valence-corrected chi connectivity index (χ2v) is 7.15. The first-order valence-electron chi connectivity index (χ1n) is 9.95. The van der Waals surface area contributed by atoms with Gasteiger partial charge in [-0.1, -0.05) is 12.1 Å². The fourth-order valence-electron chi connectivity index (χ4n) is 3.63. The highest BCUT2D eigenvalue weighted by molar-refractivity contribution is 6.36. The molecule has 8 nitrogen and oxygen atoms in total. The normalized spacial score (nSPS) is 16.2. The molecule has 0 aliphatic carbocycles. The van der Waals surface area contributed by atoms with Crippen LogP contribution in [0, 0.1) is 0 Å². The summed E-state index contributed by atoms with van der Waals surface area (Å²) in [5, 5.41) is 4.10. The van der Waals surface area contributed by atoms with E-state index >= 15 is 0 Å². The molecule has 1 aliphatic rings. The maximum absolute atomic E-state index is 13.2. The number of ether oxygens (including phenoxy) is 4. The van der Waals surface area contributed by atoms with Crippen molar-refractivity contribution in [3.05, 3.63) is 66.3 Å². The number of aromatic nitrogens is 3. The van der Waals surface area contributed by atoms with Gasteiger partial charge in [-0.25, -0.2) is 9.67 Å². The summed E-state index contributed by atoms with van der Waals surface area (Å²) < 4.78 is 23.8. The van der Waals surface area contributed by atoms with Crippen molar-refractivity contribution in [2.45, 2.75) is 18.6 Å². The standard InChI is InChI=1S/C23H22BN3O5/c1-29-19-10-15(11-20(30-2)21(19)24)17-8-9-18(32-17)22(28)23(31-3)14-4-6-16(7-5-14)27-13-25-12-26-27/h4-8,10-13,18,23H,9H2,1-3H3. The van der Waals surface area contributed by atoms with Crippen LogP contribution in [0.3, 0.4) is 0 Å². The molecule has 2 aromatic carbocycles. The molecular weight excluding hydrogens is 409 g/mol. The van der Waals surface area contributed by atoms with E-state index in [0.717, 1.165) is 11.3 Å². The second kappa shape index (κ2) is 9.27. The zero-order valence-electron chi connectivity index (χ0n) is 18.0. The van der Waals surface area contributed by atoms with Crippen LogP contribution in [0.25, 0.3) is 11.4 Å². The van der Waals surface area contributed by atoms with E-state index < -0.39 is 12.2 Å². The molecule has 2 atom stereocenters. The van der Waals surface area contributed by atoms with Crippen LogP contribution in [0.2, 0.25) is 0 Å². The molecule has 0 bridgehead atoms. The van der Waals surface area contributed by atoms with Crippen LogP contribution in [-0.2, 0) is 14.3 Å². The SMILES string of the molecule is [B]c1c(OC)cc(C2=CCC(C(=O)C(OC)c3ccc(-n4cncn4)cc3)O2)cc1OC. The molecule has 0 fully saturated rings. The molecule has 3 aromatic rings. The number of carbonyl (C=O) groups excluding carboxylic acids is 1. The Bertz CT molecular complexity index is 1100. The Morgan fingerprint density at radius 2 is 1.84 bits per heavy atom. The Labute approximate surface area is 187 Å². The van der Waals surface area contributed by atoms with Gasteiger partial charge in [-0.3, -0.25) is 4.79 Å². The number of ketones is 1. The number of carbonyl (C=O) groups is 1. The number of hydrogen-bond acceptors (Lipinski definition) is 7. The van der Waals surface area contributed by atoms with Crippen molar-refractivity contribution in [2.24, 2.45) is 0 Å². The average molecular weight is 431 g/mol. The molecule has 0 spiro atoms. The van der Waals surface area contributed by atoms with Crippen LogP contribution >= 0.6 is 0 Å². The van der Waals surface area contributed by atoms with Gasteiger partial charge >= 0.3 is 0 Å². The van der Waals surface area contributed by atoms with Gasteiger partial charge in [0.2, 0.25) is 5.78 Å². The van der Waals surface area contributed by atoms with Crippen molar-refractivity contribution in [3.8, 4) is 17.2 Å². The average Bonchev–Trinajstić information content (AvgIpc) is 3.53. The third-order valence-corrected chi connectivity index (χ3v) is 5.31. The van der Waals surface area contributed by atoms with Gasteiger partial charge < -0.3 is 18.9 Å². The third kappa shape index (κ3) is 4.11. The maximum atomic E-state index is 13.2. The van der Waals surface area contributed by atoms with Gasteiger partial charge in [-0.05, 0) is 41.4 Å². The molecule has 2 unspecified atom stereocenters. The van der Waals surface area contributed by atoms with Crippen molar-refractivity contribution < 1.29 is 23.7 Å². The summed E-state index contributed by atoms with van der Waals surface area (Å²) in [4.78, 5) is 17.1. The summed E-state index contributed by atoms with van der Waals surface area (Å²) in [5.41, 5.74) is 2.68. The van der Waals surface area contributed by atoms with Crippen molar-refractivity contribution >= 4 is 24.9 Å². The van der Waals surface area contributed by atoms with E-state index in [1.807, 2.05) is 30.3 Å². The van der Waals surface area contributed by atoms with Crippen LogP contribution in [0.1, 0.15) is 23.7 Å². The van der Waals surface area contributed by atoms with Crippen LogP contribution in [0.5, 0.6) is 11.5 Å². The highest BCUT2D eigenvalue weighted by Crippen LogP contribution is 2.33. The predicted octanol–water partition coefficient (Wildman–Crippen LogP) is 2.16. The van der Waals surface area contributed by atoms with E-state index in [9.17, 15) is 4.79 Å². The fraction of sp³-hybridized carbons (Fsp3) is 0.261. The lowest BCUT2D eigenvalue weighted by molar-refractivity contribution is -0.136. The van der Waals surface area contributed by atoms with Crippen molar-refractivity contribution in [1.29, 1.82) is 0 Å². The van der Waals surface area contributed by atoms with Crippen LogP contribution in [0.15, 0.2) is 55.1 Å². The van der Waals surface area contributed by atoms with Gasteiger partial charge in [-0.15, -0.1) is 0 Å². The molecule has 1 aromatic heterocycles. The van der Waals surface area contributed by atoms with Gasteiger partial charge in [0.1, 0.15) is 43.9 Å². The first-order valence-corrected chi connectivity index (χ1v) is 9.95. The lowest BCUT2D eigenvalue weighted by Crippen LogP contribution is -2.27. The van der Waals surface area contributed by atoms with Gasteiger partial charge in [0, 0.05) is 19.1 Å². The van der Waals surface area contributed by atoms with E-state index in [-0.39, 0.29) is 5.78 Å². The summed E-state index contributed by atoms with van der Waals surface area (Å²) in [6.45, 7) is 0. The maximum Gasteiger partial charge on any atom is 0.206 e. The third-order valence-electron chi connectivity index (χ3n) is 5.31. The van der Waals surface area contributed by atoms with Crippen molar-refractivity contribution in [1.82, 2.24) is 14.8 Å². The quantitative estimate of drug-likeness (QED) is 0.506. The summed E-state index contributed by atoms with van der Waals surface area (Å²) >= 11 is 0. The van der Waals surface area contributed by atoms with Crippen LogP contribution in [-0.4, -0.2) is 55.8 Å². The predicted molar refractivity (Wildman–Crippen MR) is 119 cm³/mol. The van der Waals surface area contributed by atoms with E-state index in [4.69, 9.17) is 26.8 Å². The summed E-state index contributed by atoms with van der Waals surface area (Å²) in [7, 11) is 10.6. The van der Waals surface area contributed by atoms with Gasteiger partial charge in [0.05, 0.1) is 19.9 Å². The largest absolute Gasteiger partial charge is 0.497 e. The number of hydrogen-bond donors (Lipinski definition) is 0. The lowest BCUT2D eigenvalue weighted by atomic mass is 9.92. The number of Topliss-reactive ketones (excluding diaryl/α,β-unsaturated/α-hetero) is 1. The van der Waals surface area contributed by atoms with Gasteiger partial charge in [0.15, 0.2) is 6.10 Å². The summed E-state index contributed by atoms with van der Waals surface area (Å²) in [6, 6.07) is 10.9. The molecule has 4 rings (SSSR count). The monoisotopic (exact) mass is 431 g/mol. The Hall–Kier alpha value is -3.59. The van der Waals surface area contributed by atoms with Crippen molar-refractivity contribution in [2.75, 3.05) is 21.3 Å². The minimum absolute atomic E-state index is 0.165. The zero-order chi connectivity index (χ0) is 22.7. The Kier molecular flexibility index (Phi) is 6.27. The van der Waals surface area contributed by atoms with E-state index in [1.165, 1.54) is 27.7 Å². The Morgan fingerprint density at radius 1 is 1.16 bits per heavy atom. The summed E-state index contributed by atoms with van der Waals surface area (Å²) in [5.74, 6) is 1.35. The molecule has 9 heteroatoms. The minimum Gasteiger partial charge on any atom is -0.497 e. The van der Waals surface area contributed by atoms with Gasteiger partial charge in [0.25, 0.3) is 0 Å². The Balaban J connectivity index is 1.50. The van der Waals surface area contributed by atoms with Crippen molar-refractivity contribution in [3.63, 3.8) is 0 Å². The Morgan fingerprint density at radius 3 is 2.41 bits per heavy atom. The molecule has 0 amide bonds. The van der Waals surface area contributed by atoms with Gasteiger partial charge in [-0.2, -0.15) is 5.10 Å². The number of benzene rings is 2. The number of rotatable bonds is 8. The second-order valence-electron chi connectivity index (χ2n) is 7.15. The molecule has 32 heavy (non-hydrogen) atoms. The first kappa shape index (κ1) is 21.6. The topological polar surface area (TPSA) is 84.7 Å². The van der Waals surface area contributed by atoms with E-state index in [0.29, 0.717) is 34.7 Å². The molecule has 162 valence electrons. The molecular formula is C23H22BN3O5. The fourth-order valence-corrected chi connectivity index (χ4v) is 3.63. The minimum atomic E-state index is -0.756. The van der Waals surface area contributed by atoms with E-state index in [1.54, 1.807) is 23.1 Å². The molecule has 0 saturated carbocycles. The summed E-state index contributed by atoms with van der Waals surface area (Å²) in [6.07, 6.45) is 3.94. The van der Waals surface area contributed by atoms with Crippen LogP contribution < -0.4 is 14.9 Å². The molecule has 2 heterocycles. The molecule has 2 radical (unpaired) electrons. The van der Waals surface area contributed by atoms with Crippen LogP contribution in [0.4, 0.5) is 0 Å². The lowest BCUT2D eigenvalue weighted by Gasteiger charge is -2.20. The molecule has 0 saturated heterocycles. The number of nitrogens with zero attached hydrogens (tertiary/aromatic N) is 3. The zero-order valence-corrected chi connectivity index (χ0v) is 18.0. The first-order chi connectivity index (χ1) is 15.5. The molecule has 1 aliphatic heterocycles. The van der Waals surface area contributed by atoms with E-state index in [2.05, 4.69) is 10.1 Å². The smallest absolute Gasteiger partial charge is 0.206 e. The highest BCUT2D eigenvalue weighted by Gasteiger charge is 2.33. The number of methoxy groups -OCH3 is 3. The highest BCUT2D eigenvalue weighted by atomic mass is 16.5.